The van der Waals surface area contributed by atoms with Gasteiger partial charge in [0, 0.05) is 17.3 Å². The van der Waals surface area contributed by atoms with Gasteiger partial charge in [0.2, 0.25) is 11.5 Å². The number of fused-ring (bicyclic) bond motifs is 1. The summed E-state index contributed by atoms with van der Waals surface area (Å²) in [5.74, 6) is 7.18. The maximum absolute atomic E-state index is 12.6. The van der Waals surface area contributed by atoms with Crippen molar-refractivity contribution in [2.45, 2.75) is 0 Å². The number of aromatic nitrogens is 1. The Morgan fingerprint density at radius 2 is 1.89 bits per heavy atom. The van der Waals surface area contributed by atoms with Gasteiger partial charge in [-0.3, -0.25) is 14.8 Å². The van der Waals surface area contributed by atoms with Crippen molar-refractivity contribution in [3.8, 4) is 0 Å². The summed E-state index contributed by atoms with van der Waals surface area (Å²) in [7, 11) is 0. The van der Waals surface area contributed by atoms with Gasteiger partial charge in [-0.2, -0.15) is 10.8 Å². The van der Waals surface area contributed by atoms with Crippen LogP contribution >= 0.6 is 0 Å². The van der Waals surface area contributed by atoms with Crippen LogP contribution in [0.15, 0.2) is 106 Å². The van der Waals surface area contributed by atoms with E-state index >= 15 is 0 Å². The molecule has 0 bridgehead atoms. The van der Waals surface area contributed by atoms with Gasteiger partial charge in [0.1, 0.15) is 17.6 Å². The standard InChI is InChI=1S/C22H16N5O/c23-27-12-11-24-14-19(27)20(15-7-4-8-15)26-22(27)17-9-10-18(25-13-17)21(28)16-5-2-1-3-6-16/h1-14H,23H2/q+1. The molecule has 1 atom stereocenters. The van der Waals surface area contributed by atoms with Gasteiger partial charge in [-0.05, 0) is 12.1 Å². The summed E-state index contributed by atoms with van der Waals surface area (Å²) < 4.78 is -0.0718. The molecule has 0 amide bonds. The number of ketones is 1. The molecule has 0 fully saturated rings. The number of nitrogens with zero attached hydrogens (tertiary/aromatic N) is 4. The lowest BCUT2D eigenvalue weighted by molar-refractivity contribution is -0.750. The number of pyridine rings is 1. The third-order valence-electron chi connectivity index (χ3n) is 4.91. The molecule has 1 aliphatic carbocycles. The minimum atomic E-state index is -0.119. The van der Waals surface area contributed by atoms with Crippen molar-refractivity contribution in [3.63, 3.8) is 0 Å². The lowest BCUT2D eigenvalue weighted by atomic mass is 10.0. The van der Waals surface area contributed by atoms with Crippen LogP contribution < -0.4 is 5.84 Å². The zero-order chi connectivity index (χ0) is 19.1. The normalized spacial score (nSPS) is 21.9. The number of benzene rings is 1. The Morgan fingerprint density at radius 3 is 2.57 bits per heavy atom. The number of carbonyl (C=O) groups excluding carboxylic acids is 1. The second kappa shape index (κ2) is 6.16. The van der Waals surface area contributed by atoms with Crippen molar-refractivity contribution in [2.75, 3.05) is 0 Å². The number of hydrogen-bond acceptors (Lipinski definition) is 5. The molecule has 6 nitrogen and oxygen atoms in total. The molecule has 0 saturated heterocycles. The summed E-state index contributed by atoms with van der Waals surface area (Å²) in [5.41, 5.74) is 4.36. The van der Waals surface area contributed by atoms with Crippen LogP contribution in [-0.2, 0) is 0 Å². The molecule has 2 aromatic rings. The van der Waals surface area contributed by atoms with Crippen molar-refractivity contribution in [1.82, 2.24) is 4.98 Å². The second-order valence-corrected chi connectivity index (χ2v) is 6.63. The van der Waals surface area contributed by atoms with E-state index in [2.05, 4.69) is 9.98 Å². The zero-order valence-corrected chi connectivity index (χ0v) is 14.9. The molecule has 2 N–H and O–H groups in total. The quantitative estimate of drug-likeness (QED) is 0.513. The first-order valence-corrected chi connectivity index (χ1v) is 8.84. The third kappa shape index (κ3) is 2.44. The third-order valence-corrected chi connectivity index (χ3v) is 4.91. The van der Waals surface area contributed by atoms with Crippen molar-refractivity contribution >= 4 is 17.8 Å². The SMILES string of the molecule is N[N+]12C=CN=CC1=C(C1=CC=C1)N=C2c1ccc(C(=O)c2ccccc2)nc1. The summed E-state index contributed by atoms with van der Waals surface area (Å²) >= 11 is 0. The van der Waals surface area contributed by atoms with Crippen LogP contribution in [0.3, 0.4) is 0 Å². The Balaban J connectivity index is 1.51. The maximum atomic E-state index is 12.6. The average molecular weight is 366 g/mol. The molecule has 1 aromatic carbocycles. The summed E-state index contributed by atoms with van der Waals surface area (Å²) in [6.45, 7) is 0. The fraction of sp³-hybridized carbons (Fsp3) is 0. The van der Waals surface area contributed by atoms with E-state index in [4.69, 9.17) is 10.8 Å². The lowest BCUT2D eigenvalue weighted by Gasteiger charge is -2.26. The Labute approximate surface area is 161 Å². The van der Waals surface area contributed by atoms with Crippen LogP contribution in [-0.4, -0.2) is 27.4 Å². The van der Waals surface area contributed by atoms with Crippen LogP contribution in [0.1, 0.15) is 21.6 Å². The monoisotopic (exact) mass is 366 g/mol. The number of amidine groups is 1. The van der Waals surface area contributed by atoms with E-state index in [0.717, 1.165) is 22.5 Å². The highest BCUT2D eigenvalue weighted by molar-refractivity contribution is 6.08. The number of carbonyl (C=O) groups is 1. The van der Waals surface area contributed by atoms with Gasteiger partial charge in [0.15, 0.2) is 0 Å². The molecule has 1 aromatic heterocycles. The summed E-state index contributed by atoms with van der Waals surface area (Å²) in [6, 6.07) is 12.6. The van der Waals surface area contributed by atoms with Gasteiger partial charge < -0.3 is 0 Å². The van der Waals surface area contributed by atoms with E-state index < -0.39 is 0 Å². The van der Waals surface area contributed by atoms with Crippen LogP contribution in [0.5, 0.6) is 0 Å². The number of aliphatic imine (C=N–C) groups is 2. The predicted octanol–water partition coefficient (Wildman–Crippen LogP) is 3.03. The van der Waals surface area contributed by atoms with Crippen molar-refractivity contribution in [1.29, 1.82) is 0 Å². The molecule has 3 heterocycles. The molecule has 6 heteroatoms. The molecule has 0 radical (unpaired) electrons. The Bertz CT molecular complexity index is 1170. The first-order valence-electron chi connectivity index (χ1n) is 8.84. The summed E-state index contributed by atoms with van der Waals surface area (Å²) in [5, 5.41) is 0. The number of hydrogen-bond donors (Lipinski definition) is 1. The van der Waals surface area contributed by atoms with E-state index in [1.54, 1.807) is 43.0 Å². The second-order valence-electron chi connectivity index (χ2n) is 6.63. The number of nitrogens with two attached hydrogens (primary N) is 1. The molecule has 3 aliphatic rings. The molecular formula is C22H16N5O+. The Morgan fingerprint density at radius 1 is 1.07 bits per heavy atom. The summed E-state index contributed by atoms with van der Waals surface area (Å²) in [4.78, 5) is 26.0. The van der Waals surface area contributed by atoms with Crippen LogP contribution in [0.4, 0.5) is 0 Å². The van der Waals surface area contributed by atoms with Crippen molar-refractivity contribution < 1.29 is 9.39 Å². The number of rotatable bonds is 4. The fourth-order valence-electron chi connectivity index (χ4n) is 3.34. The first kappa shape index (κ1) is 16.4. The molecule has 28 heavy (non-hydrogen) atoms. The molecular weight excluding hydrogens is 350 g/mol. The molecule has 5 rings (SSSR count). The maximum Gasteiger partial charge on any atom is 0.266 e. The first-order chi connectivity index (χ1) is 13.7. The minimum Gasteiger partial charge on any atom is -0.287 e. The Hall–Kier alpha value is -3.74. The zero-order valence-electron chi connectivity index (χ0n) is 14.9. The van der Waals surface area contributed by atoms with Gasteiger partial charge in [-0.15, -0.1) is 4.59 Å². The van der Waals surface area contributed by atoms with Crippen LogP contribution in [0, 0.1) is 0 Å². The Kier molecular flexibility index (Phi) is 3.61. The highest BCUT2D eigenvalue weighted by Gasteiger charge is 2.44. The van der Waals surface area contributed by atoms with Gasteiger partial charge in [0.05, 0.1) is 18.0 Å². The molecule has 2 aliphatic heterocycles. The van der Waals surface area contributed by atoms with Gasteiger partial charge >= 0.3 is 0 Å². The molecule has 1 unspecified atom stereocenters. The topological polar surface area (TPSA) is 80.7 Å². The van der Waals surface area contributed by atoms with Crippen molar-refractivity contribution in [3.05, 3.63) is 113 Å². The molecule has 0 saturated carbocycles. The number of quaternary nitrogens is 1. The molecule has 134 valence electrons. The summed E-state index contributed by atoms with van der Waals surface area (Å²) in [6.07, 6.45) is 12.8. The largest absolute Gasteiger partial charge is 0.287 e. The van der Waals surface area contributed by atoms with Gasteiger partial charge in [-0.1, -0.05) is 48.6 Å². The fourth-order valence-corrected chi connectivity index (χ4v) is 3.34. The smallest absolute Gasteiger partial charge is 0.266 e. The van der Waals surface area contributed by atoms with Gasteiger partial charge in [-0.25, -0.2) is 0 Å². The molecule has 0 spiro atoms. The van der Waals surface area contributed by atoms with Crippen LogP contribution in [0.2, 0.25) is 0 Å². The van der Waals surface area contributed by atoms with Crippen molar-refractivity contribution in [2.24, 2.45) is 15.8 Å². The van der Waals surface area contributed by atoms with E-state index in [1.165, 1.54) is 0 Å². The lowest BCUT2D eigenvalue weighted by Crippen LogP contribution is -2.53. The predicted molar refractivity (Wildman–Crippen MR) is 107 cm³/mol. The van der Waals surface area contributed by atoms with E-state index in [-0.39, 0.29) is 10.4 Å². The van der Waals surface area contributed by atoms with E-state index in [0.29, 0.717) is 17.1 Å². The minimum absolute atomic E-state index is 0.0718. The highest BCUT2D eigenvalue weighted by Crippen LogP contribution is 2.35. The van der Waals surface area contributed by atoms with Crippen LogP contribution in [0.25, 0.3) is 0 Å². The highest BCUT2D eigenvalue weighted by atomic mass is 16.1. The van der Waals surface area contributed by atoms with Gasteiger partial charge in [0.25, 0.3) is 5.84 Å². The average Bonchev–Trinajstić information content (AvgIpc) is 3.00. The van der Waals surface area contributed by atoms with E-state index in [1.807, 2.05) is 42.5 Å². The van der Waals surface area contributed by atoms with E-state index in [9.17, 15) is 4.79 Å². The number of allylic oxidation sites excluding steroid dienone is 4.